The van der Waals surface area contributed by atoms with Crippen LogP contribution in [0.2, 0.25) is 0 Å². The Morgan fingerprint density at radius 2 is 2.33 bits per heavy atom. The van der Waals surface area contributed by atoms with Crippen LogP contribution < -0.4 is 0 Å². The number of aromatic carboxylic acids is 1. The largest absolute Gasteiger partial charge is 0.478 e. The second-order valence-electron chi connectivity index (χ2n) is 4.15. The Bertz CT molecular complexity index is 562. The van der Waals surface area contributed by atoms with Gasteiger partial charge in [-0.25, -0.2) is 9.78 Å². The van der Waals surface area contributed by atoms with Crippen molar-refractivity contribution in [2.24, 2.45) is 0 Å². The number of fused-ring (bicyclic) bond motifs is 1. The predicted octanol–water partition coefficient (Wildman–Crippen LogP) is 2.33. The molecule has 0 amide bonds. The molecule has 2 rings (SSSR count). The molecule has 0 spiro atoms. The van der Waals surface area contributed by atoms with Crippen LogP contribution in [-0.2, 0) is 4.74 Å². The Balaban J connectivity index is 2.54. The molecule has 1 atom stereocenters. The molecule has 1 aromatic heterocycles. The van der Waals surface area contributed by atoms with E-state index in [9.17, 15) is 4.79 Å². The number of rotatable bonds is 5. The normalized spacial score (nSPS) is 12.8. The van der Waals surface area contributed by atoms with Gasteiger partial charge >= 0.3 is 5.97 Å². The molecular formula is C13H16N2O3. The average Bonchev–Trinajstić information content (AvgIpc) is 2.79. The highest BCUT2D eigenvalue weighted by Crippen LogP contribution is 2.22. The van der Waals surface area contributed by atoms with Gasteiger partial charge in [-0.2, -0.15) is 0 Å². The van der Waals surface area contributed by atoms with Crippen molar-refractivity contribution in [1.29, 1.82) is 0 Å². The second kappa shape index (κ2) is 5.18. The lowest BCUT2D eigenvalue weighted by atomic mass is 10.1. The average molecular weight is 248 g/mol. The van der Waals surface area contributed by atoms with Crippen LogP contribution in [0, 0.1) is 0 Å². The van der Waals surface area contributed by atoms with Crippen molar-refractivity contribution in [2.45, 2.75) is 19.4 Å². The van der Waals surface area contributed by atoms with Crippen LogP contribution >= 0.6 is 0 Å². The van der Waals surface area contributed by atoms with Gasteiger partial charge in [-0.05, 0) is 18.6 Å². The molecule has 0 radical (unpaired) electrons. The number of carboxylic acids is 1. The number of methoxy groups -OCH3 is 1. The topological polar surface area (TPSA) is 64.4 Å². The van der Waals surface area contributed by atoms with Crippen molar-refractivity contribution in [3.05, 3.63) is 30.1 Å². The fourth-order valence-corrected chi connectivity index (χ4v) is 2.11. The van der Waals surface area contributed by atoms with Crippen molar-refractivity contribution < 1.29 is 14.6 Å². The van der Waals surface area contributed by atoms with Gasteiger partial charge in [0.05, 0.1) is 30.1 Å². The first-order valence-electron chi connectivity index (χ1n) is 5.86. The van der Waals surface area contributed by atoms with E-state index in [1.54, 1.807) is 25.6 Å². The number of hydrogen-bond acceptors (Lipinski definition) is 3. The van der Waals surface area contributed by atoms with E-state index in [1.807, 2.05) is 10.6 Å². The van der Waals surface area contributed by atoms with Crippen molar-refractivity contribution in [2.75, 3.05) is 13.7 Å². The van der Waals surface area contributed by atoms with Gasteiger partial charge in [0.25, 0.3) is 0 Å². The lowest BCUT2D eigenvalue weighted by Gasteiger charge is -2.16. The summed E-state index contributed by atoms with van der Waals surface area (Å²) in [5.41, 5.74) is 1.59. The molecule has 0 aliphatic carbocycles. The number of benzene rings is 1. The number of carboxylic acid groups (broad SMARTS) is 1. The maximum absolute atomic E-state index is 11.1. The van der Waals surface area contributed by atoms with E-state index in [0.29, 0.717) is 12.1 Å². The first-order valence-corrected chi connectivity index (χ1v) is 5.86. The standard InChI is InChI=1S/C13H16N2O3/c1-3-9(7-18-2)15-8-14-12-10(13(16)17)5-4-6-11(12)15/h4-6,8-9H,3,7H2,1-2H3,(H,16,17). The molecule has 1 N–H and O–H groups in total. The fourth-order valence-electron chi connectivity index (χ4n) is 2.11. The Labute approximate surface area is 105 Å². The van der Waals surface area contributed by atoms with Gasteiger partial charge in [0.15, 0.2) is 0 Å². The van der Waals surface area contributed by atoms with Gasteiger partial charge in [-0.1, -0.05) is 13.0 Å². The van der Waals surface area contributed by atoms with E-state index < -0.39 is 5.97 Å². The molecule has 0 aliphatic heterocycles. The van der Waals surface area contributed by atoms with E-state index in [4.69, 9.17) is 9.84 Å². The maximum atomic E-state index is 11.1. The van der Waals surface area contributed by atoms with Crippen LogP contribution in [-0.4, -0.2) is 34.3 Å². The first kappa shape index (κ1) is 12.6. The summed E-state index contributed by atoms with van der Waals surface area (Å²) < 4.78 is 7.16. The van der Waals surface area contributed by atoms with E-state index in [0.717, 1.165) is 11.9 Å². The highest BCUT2D eigenvalue weighted by Gasteiger charge is 2.16. The van der Waals surface area contributed by atoms with Crippen molar-refractivity contribution in [1.82, 2.24) is 9.55 Å². The molecule has 0 fully saturated rings. The zero-order valence-corrected chi connectivity index (χ0v) is 10.5. The van der Waals surface area contributed by atoms with Gasteiger partial charge < -0.3 is 14.4 Å². The monoisotopic (exact) mass is 248 g/mol. The smallest absolute Gasteiger partial charge is 0.337 e. The first-order chi connectivity index (χ1) is 8.69. The summed E-state index contributed by atoms with van der Waals surface area (Å²) >= 11 is 0. The highest BCUT2D eigenvalue weighted by molar-refractivity contribution is 6.00. The minimum absolute atomic E-state index is 0.170. The number of aromatic nitrogens is 2. The third kappa shape index (κ3) is 2.09. The molecule has 1 heterocycles. The quantitative estimate of drug-likeness (QED) is 0.882. The summed E-state index contributed by atoms with van der Waals surface area (Å²) in [5.74, 6) is -0.953. The van der Waals surface area contributed by atoms with Crippen molar-refractivity contribution in [3.8, 4) is 0 Å². The third-order valence-corrected chi connectivity index (χ3v) is 3.06. The minimum Gasteiger partial charge on any atom is -0.478 e. The minimum atomic E-state index is -0.953. The van der Waals surface area contributed by atoms with Crippen LogP contribution in [0.1, 0.15) is 29.7 Å². The van der Waals surface area contributed by atoms with Gasteiger partial charge in [-0.3, -0.25) is 0 Å². The van der Waals surface area contributed by atoms with Gasteiger partial charge in [0.1, 0.15) is 5.52 Å². The van der Waals surface area contributed by atoms with Gasteiger partial charge in [0.2, 0.25) is 0 Å². The maximum Gasteiger partial charge on any atom is 0.337 e. The molecule has 1 unspecified atom stereocenters. The van der Waals surface area contributed by atoms with Crippen LogP contribution in [0.3, 0.4) is 0 Å². The second-order valence-corrected chi connectivity index (χ2v) is 4.15. The summed E-state index contributed by atoms with van der Waals surface area (Å²) in [6.45, 7) is 2.65. The van der Waals surface area contributed by atoms with Crippen LogP contribution in [0.15, 0.2) is 24.5 Å². The lowest BCUT2D eigenvalue weighted by Crippen LogP contribution is -2.12. The number of ether oxygens (including phenoxy) is 1. The van der Waals surface area contributed by atoms with Crippen molar-refractivity contribution >= 4 is 17.0 Å². The number of imidazole rings is 1. The molecule has 18 heavy (non-hydrogen) atoms. The number of carbonyl (C=O) groups is 1. The summed E-state index contributed by atoms with van der Waals surface area (Å²) in [6.07, 6.45) is 2.58. The van der Waals surface area contributed by atoms with Crippen LogP contribution in [0.25, 0.3) is 11.0 Å². The zero-order chi connectivity index (χ0) is 13.1. The molecule has 0 saturated heterocycles. The number of hydrogen-bond donors (Lipinski definition) is 1. The lowest BCUT2D eigenvalue weighted by molar-refractivity contribution is 0.0699. The molecule has 0 aliphatic rings. The molecule has 0 saturated carbocycles. The molecule has 5 heteroatoms. The Hall–Kier alpha value is -1.88. The number of nitrogens with zero attached hydrogens (tertiary/aromatic N) is 2. The summed E-state index contributed by atoms with van der Waals surface area (Å²) in [6, 6.07) is 5.36. The van der Waals surface area contributed by atoms with Crippen LogP contribution in [0.5, 0.6) is 0 Å². The zero-order valence-electron chi connectivity index (χ0n) is 10.5. The molecule has 5 nitrogen and oxygen atoms in total. The summed E-state index contributed by atoms with van der Waals surface area (Å²) in [5, 5.41) is 9.12. The Morgan fingerprint density at radius 1 is 1.56 bits per heavy atom. The van der Waals surface area contributed by atoms with Crippen LogP contribution in [0.4, 0.5) is 0 Å². The fraction of sp³-hybridized carbons (Fsp3) is 0.385. The Morgan fingerprint density at radius 3 is 2.94 bits per heavy atom. The van der Waals surface area contributed by atoms with E-state index in [-0.39, 0.29) is 11.6 Å². The molecule has 0 bridgehead atoms. The molecule has 96 valence electrons. The summed E-state index contributed by atoms with van der Waals surface area (Å²) in [7, 11) is 1.66. The van der Waals surface area contributed by atoms with Gasteiger partial charge in [-0.15, -0.1) is 0 Å². The van der Waals surface area contributed by atoms with E-state index in [2.05, 4.69) is 11.9 Å². The summed E-state index contributed by atoms with van der Waals surface area (Å²) in [4.78, 5) is 15.3. The predicted molar refractivity (Wildman–Crippen MR) is 67.9 cm³/mol. The van der Waals surface area contributed by atoms with E-state index >= 15 is 0 Å². The SMILES string of the molecule is CCC(COC)n1cnc2c(C(=O)O)cccc21. The third-order valence-electron chi connectivity index (χ3n) is 3.06. The van der Waals surface area contributed by atoms with Crippen molar-refractivity contribution in [3.63, 3.8) is 0 Å². The molecule has 2 aromatic rings. The Kier molecular flexibility index (Phi) is 3.62. The highest BCUT2D eigenvalue weighted by atomic mass is 16.5. The van der Waals surface area contributed by atoms with Gasteiger partial charge in [0, 0.05) is 7.11 Å². The van der Waals surface area contributed by atoms with E-state index in [1.165, 1.54) is 0 Å². The molecular weight excluding hydrogens is 232 g/mol. The molecule has 1 aromatic carbocycles. The number of para-hydroxylation sites is 1.